The molecule has 0 spiro atoms. The molecule has 2 aromatic carbocycles. The van der Waals surface area contributed by atoms with Gasteiger partial charge in [0.2, 0.25) is 0 Å². The van der Waals surface area contributed by atoms with Gasteiger partial charge in [0.15, 0.2) is 12.4 Å². The van der Waals surface area contributed by atoms with Crippen molar-refractivity contribution >= 4 is 28.9 Å². The molecule has 0 aromatic heterocycles. The van der Waals surface area contributed by atoms with E-state index in [9.17, 15) is 14.9 Å². The summed E-state index contributed by atoms with van der Waals surface area (Å²) in [6, 6.07) is 10.8. The Labute approximate surface area is 142 Å². The van der Waals surface area contributed by atoms with Crippen LogP contribution in [0.2, 0.25) is 5.02 Å². The smallest absolute Gasteiger partial charge is 0.311 e. The number of aryl methyl sites for hydroxylation is 1. The van der Waals surface area contributed by atoms with Crippen molar-refractivity contribution in [2.45, 2.75) is 6.92 Å². The van der Waals surface area contributed by atoms with Crippen LogP contribution in [0.15, 0.2) is 36.4 Å². The Morgan fingerprint density at radius 2 is 2.12 bits per heavy atom. The van der Waals surface area contributed by atoms with Gasteiger partial charge in [-0.05, 0) is 36.8 Å². The van der Waals surface area contributed by atoms with E-state index in [0.717, 1.165) is 0 Å². The molecule has 1 amide bonds. The van der Waals surface area contributed by atoms with Crippen LogP contribution in [0.3, 0.4) is 0 Å². The van der Waals surface area contributed by atoms with Crippen molar-refractivity contribution in [3.8, 4) is 11.8 Å². The molecule has 0 radical (unpaired) electrons. The molecule has 0 aliphatic heterocycles. The molecule has 7 nitrogen and oxygen atoms in total. The summed E-state index contributed by atoms with van der Waals surface area (Å²) in [5.41, 5.74) is 0.977. The molecule has 1 N–H and O–H groups in total. The summed E-state index contributed by atoms with van der Waals surface area (Å²) in [4.78, 5) is 22.4. The number of hydrogen-bond donors (Lipinski definition) is 1. The number of carbonyl (C=O) groups excluding carboxylic acids is 1. The molecule has 122 valence electrons. The molecule has 0 saturated heterocycles. The largest absolute Gasteiger partial charge is 0.477 e. The van der Waals surface area contributed by atoms with Gasteiger partial charge in [-0.3, -0.25) is 14.9 Å². The number of nitro groups is 1. The van der Waals surface area contributed by atoms with Crippen LogP contribution in [-0.2, 0) is 4.79 Å². The lowest BCUT2D eigenvalue weighted by Gasteiger charge is -2.09. The molecule has 0 bridgehead atoms. The minimum absolute atomic E-state index is 0.00708. The van der Waals surface area contributed by atoms with Gasteiger partial charge in [-0.15, -0.1) is 0 Å². The second kappa shape index (κ2) is 7.44. The van der Waals surface area contributed by atoms with Crippen LogP contribution in [0.25, 0.3) is 0 Å². The molecule has 8 heteroatoms. The molecule has 0 heterocycles. The molecule has 2 aromatic rings. The molecule has 2 rings (SSSR count). The number of benzene rings is 2. The topological polar surface area (TPSA) is 105 Å². The SMILES string of the molecule is Cc1ccc(OCC(=O)Nc2cc(Cl)ccc2C#N)c([N+](=O)[O-])c1. The van der Waals surface area contributed by atoms with E-state index in [-0.39, 0.29) is 22.7 Å². The molecule has 0 saturated carbocycles. The van der Waals surface area contributed by atoms with Crippen molar-refractivity contribution in [1.29, 1.82) is 5.26 Å². The fourth-order valence-corrected chi connectivity index (χ4v) is 2.11. The van der Waals surface area contributed by atoms with E-state index >= 15 is 0 Å². The lowest BCUT2D eigenvalue weighted by Crippen LogP contribution is -2.21. The molecule has 24 heavy (non-hydrogen) atoms. The van der Waals surface area contributed by atoms with E-state index < -0.39 is 17.4 Å². The first kappa shape index (κ1) is 17.2. The molecule has 0 fully saturated rings. The molecule has 0 unspecified atom stereocenters. The first-order chi connectivity index (χ1) is 11.4. The lowest BCUT2D eigenvalue weighted by atomic mass is 10.2. The summed E-state index contributed by atoms with van der Waals surface area (Å²) < 4.78 is 5.22. The summed E-state index contributed by atoms with van der Waals surface area (Å²) in [5, 5.41) is 22.9. The quantitative estimate of drug-likeness (QED) is 0.660. The average molecular weight is 346 g/mol. The third-order valence-corrected chi connectivity index (χ3v) is 3.28. The Kier molecular flexibility index (Phi) is 5.35. The first-order valence-corrected chi connectivity index (χ1v) is 7.16. The summed E-state index contributed by atoms with van der Waals surface area (Å²) >= 11 is 5.83. The van der Waals surface area contributed by atoms with E-state index in [0.29, 0.717) is 10.6 Å². The van der Waals surface area contributed by atoms with E-state index in [2.05, 4.69) is 5.32 Å². The molecular weight excluding hydrogens is 334 g/mol. The maximum atomic E-state index is 12.0. The maximum Gasteiger partial charge on any atom is 0.311 e. The predicted octanol–water partition coefficient (Wildman–Crippen LogP) is 3.45. The van der Waals surface area contributed by atoms with E-state index in [1.807, 2.05) is 6.07 Å². The normalized spacial score (nSPS) is 9.88. The van der Waals surface area contributed by atoms with Crippen molar-refractivity contribution in [2.75, 3.05) is 11.9 Å². The average Bonchev–Trinajstić information content (AvgIpc) is 2.53. The van der Waals surface area contributed by atoms with Gasteiger partial charge in [0.1, 0.15) is 6.07 Å². The highest BCUT2D eigenvalue weighted by Crippen LogP contribution is 2.27. The third-order valence-electron chi connectivity index (χ3n) is 3.05. The summed E-state index contributed by atoms with van der Waals surface area (Å²) in [7, 11) is 0. The lowest BCUT2D eigenvalue weighted by molar-refractivity contribution is -0.385. The standard InChI is InChI=1S/C16H12ClN3O4/c1-10-2-5-15(14(6-10)20(22)23)24-9-16(21)19-13-7-12(17)4-3-11(13)8-18/h2-7H,9H2,1H3,(H,19,21). The van der Waals surface area contributed by atoms with Gasteiger partial charge >= 0.3 is 5.69 Å². The van der Waals surface area contributed by atoms with Crippen LogP contribution in [0.5, 0.6) is 5.75 Å². The van der Waals surface area contributed by atoms with Crippen LogP contribution < -0.4 is 10.1 Å². The minimum Gasteiger partial charge on any atom is -0.477 e. The Hall–Kier alpha value is -3.11. The monoisotopic (exact) mass is 345 g/mol. The van der Waals surface area contributed by atoms with Crippen molar-refractivity contribution in [3.63, 3.8) is 0 Å². The number of carbonyl (C=O) groups is 1. The van der Waals surface area contributed by atoms with Crippen molar-refractivity contribution in [1.82, 2.24) is 0 Å². The number of nitrogens with zero attached hydrogens (tertiary/aromatic N) is 2. The summed E-state index contributed by atoms with van der Waals surface area (Å²) in [6.45, 7) is 1.27. The molecule has 0 aliphatic carbocycles. The Balaban J connectivity index is 2.09. The number of amides is 1. The predicted molar refractivity (Wildman–Crippen MR) is 88.1 cm³/mol. The van der Waals surface area contributed by atoms with Crippen LogP contribution in [0, 0.1) is 28.4 Å². The zero-order chi connectivity index (χ0) is 17.7. The minimum atomic E-state index is -0.578. The van der Waals surface area contributed by atoms with Gasteiger partial charge in [0.25, 0.3) is 5.91 Å². The Morgan fingerprint density at radius 1 is 1.38 bits per heavy atom. The second-order valence-electron chi connectivity index (χ2n) is 4.87. The van der Waals surface area contributed by atoms with E-state index in [1.54, 1.807) is 13.0 Å². The number of ether oxygens (including phenoxy) is 1. The first-order valence-electron chi connectivity index (χ1n) is 6.78. The number of nitrogens with one attached hydrogen (secondary N) is 1. The number of hydrogen-bond acceptors (Lipinski definition) is 5. The highest BCUT2D eigenvalue weighted by molar-refractivity contribution is 6.31. The van der Waals surface area contributed by atoms with Crippen molar-refractivity contribution in [2.24, 2.45) is 0 Å². The van der Waals surface area contributed by atoms with Gasteiger partial charge in [-0.1, -0.05) is 17.7 Å². The van der Waals surface area contributed by atoms with Gasteiger partial charge < -0.3 is 10.1 Å². The van der Waals surface area contributed by atoms with Crippen LogP contribution in [0.1, 0.15) is 11.1 Å². The fourth-order valence-electron chi connectivity index (χ4n) is 1.94. The zero-order valence-electron chi connectivity index (χ0n) is 12.6. The van der Waals surface area contributed by atoms with Gasteiger partial charge in [0.05, 0.1) is 16.2 Å². The number of nitro benzene ring substituents is 1. The van der Waals surface area contributed by atoms with Crippen molar-refractivity contribution in [3.05, 3.63) is 62.7 Å². The number of nitriles is 1. The van der Waals surface area contributed by atoms with Gasteiger partial charge in [-0.25, -0.2) is 0 Å². The molecule has 0 aliphatic rings. The van der Waals surface area contributed by atoms with Gasteiger partial charge in [-0.2, -0.15) is 5.26 Å². The van der Waals surface area contributed by atoms with Crippen LogP contribution in [-0.4, -0.2) is 17.4 Å². The number of anilines is 1. The van der Waals surface area contributed by atoms with Crippen LogP contribution >= 0.6 is 11.6 Å². The van der Waals surface area contributed by atoms with Gasteiger partial charge in [0, 0.05) is 11.1 Å². The van der Waals surface area contributed by atoms with Crippen LogP contribution in [0.4, 0.5) is 11.4 Å². The third kappa shape index (κ3) is 4.21. The second-order valence-corrected chi connectivity index (χ2v) is 5.30. The highest BCUT2D eigenvalue weighted by Gasteiger charge is 2.16. The fraction of sp³-hybridized carbons (Fsp3) is 0.125. The zero-order valence-corrected chi connectivity index (χ0v) is 13.3. The number of rotatable bonds is 5. The summed E-state index contributed by atoms with van der Waals surface area (Å²) in [5.74, 6) is -0.573. The molecular formula is C16H12ClN3O4. The Morgan fingerprint density at radius 3 is 2.79 bits per heavy atom. The maximum absolute atomic E-state index is 12.0. The molecule has 0 atom stereocenters. The van der Waals surface area contributed by atoms with E-state index in [1.165, 1.54) is 30.3 Å². The van der Waals surface area contributed by atoms with E-state index in [4.69, 9.17) is 21.6 Å². The Bertz CT molecular complexity index is 846. The summed E-state index contributed by atoms with van der Waals surface area (Å²) in [6.07, 6.45) is 0. The van der Waals surface area contributed by atoms with Crippen molar-refractivity contribution < 1.29 is 14.5 Å². The number of halogens is 1. The highest BCUT2D eigenvalue weighted by atomic mass is 35.5.